The van der Waals surface area contributed by atoms with Crippen molar-refractivity contribution in [3.63, 3.8) is 0 Å². The van der Waals surface area contributed by atoms with Gasteiger partial charge in [0.05, 0.1) is 12.8 Å². The molecule has 0 fully saturated rings. The summed E-state index contributed by atoms with van der Waals surface area (Å²) in [7, 11) is 1.65. The van der Waals surface area contributed by atoms with Crippen LogP contribution in [0, 0.1) is 13.8 Å². The van der Waals surface area contributed by atoms with Crippen molar-refractivity contribution in [1.29, 1.82) is 0 Å². The van der Waals surface area contributed by atoms with Gasteiger partial charge in [0, 0.05) is 30.2 Å². The summed E-state index contributed by atoms with van der Waals surface area (Å²) in [5.74, 6) is 0.863. The smallest absolute Gasteiger partial charge is 0.220 e. The number of aromatic nitrogens is 2. The van der Waals surface area contributed by atoms with Gasteiger partial charge in [-0.15, -0.1) is 11.3 Å². The van der Waals surface area contributed by atoms with Gasteiger partial charge in [-0.05, 0) is 43.5 Å². The van der Waals surface area contributed by atoms with Crippen molar-refractivity contribution < 1.29 is 9.53 Å². The summed E-state index contributed by atoms with van der Waals surface area (Å²) in [5, 5.41) is 5.05. The van der Waals surface area contributed by atoms with Crippen LogP contribution < -0.4 is 10.1 Å². The Balaban J connectivity index is 1.55. The van der Waals surface area contributed by atoms with Gasteiger partial charge in [0.25, 0.3) is 0 Å². The molecule has 24 heavy (non-hydrogen) atoms. The van der Waals surface area contributed by atoms with E-state index in [0.717, 1.165) is 33.2 Å². The molecule has 0 unspecified atom stereocenters. The Labute approximate surface area is 145 Å². The average Bonchev–Trinajstić information content (AvgIpc) is 3.09. The lowest BCUT2D eigenvalue weighted by Crippen LogP contribution is -2.23. The van der Waals surface area contributed by atoms with E-state index in [4.69, 9.17) is 4.74 Å². The van der Waals surface area contributed by atoms with Crippen LogP contribution in [0.4, 0.5) is 0 Å². The minimum Gasteiger partial charge on any atom is -0.497 e. The third kappa shape index (κ3) is 3.76. The molecule has 2 aromatic heterocycles. The quantitative estimate of drug-likeness (QED) is 0.747. The largest absolute Gasteiger partial charge is 0.497 e. The Kier molecular flexibility index (Phi) is 4.85. The molecular formula is C18H21N3O2S. The highest BCUT2D eigenvalue weighted by molar-refractivity contribution is 7.15. The summed E-state index contributed by atoms with van der Waals surface area (Å²) in [6.45, 7) is 4.51. The van der Waals surface area contributed by atoms with Gasteiger partial charge < -0.3 is 10.1 Å². The van der Waals surface area contributed by atoms with E-state index in [1.165, 1.54) is 0 Å². The van der Waals surface area contributed by atoms with Crippen molar-refractivity contribution in [2.75, 3.05) is 7.11 Å². The van der Waals surface area contributed by atoms with Crippen molar-refractivity contribution in [3.8, 4) is 5.75 Å². The first-order valence-corrected chi connectivity index (χ1v) is 8.76. The molecule has 126 valence electrons. The number of fused-ring (bicyclic) bond motifs is 1. The van der Waals surface area contributed by atoms with E-state index >= 15 is 0 Å². The van der Waals surface area contributed by atoms with Gasteiger partial charge in [-0.1, -0.05) is 6.07 Å². The number of benzene rings is 1. The lowest BCUT2D eigenvalue weighted by atomic mass is 10.1. The number of hydrogen-bond donors (Lipinski definition) is 1. The Hall–Kier alpha value is -2.34. The maximum Gasteiger partial charge on any atom is 0.220 e. The monoisotopic (exact) mass is 343 g/mol. The summed E-state index contributed by atoms with van der Waals surface area (Å²) in [4.78, 5) is 17.5. The Morgan fingerprint density at radius 2 is 2.17 bits per heavy atom. The van der Waals surface area contributed by atoms with Crippen LogP contribution >= 0.6 is 11.3 Å². The van der Waals surface area contributed by atoms with Gasteiger partial charge in [0.2, 0.25) is 5.91 Å². The van der Waals surface area contributed by atoms with E-state index in [2.05, 4.69) is 26.1 Å². The zero-order valence-corrected chi connectivity index (χ0v) is 14.9. The zero-order valence-electron chi connectivity index (χ0n) is 14.1. The number of methoxy groups -OCH3 is 1. The number of carbonyl (C=O) groups is 1. The number of ether oxygens (including phenoxy) is 1. The highest BCUT2D eigenvalue weighted by Crippen LogP contribution is 2.18. The van der Waals surface area contributed by atoms with Gasteiger partial charge in [0.1, 0.15) is 5.75 Å². The van der Waals surface area contributed by atoms with Crippen LogP contribution in [0.25, 0.3) is 4.96 Å². The van der Waals surface area contributed by atoms with E-state index in [-0.39, 0.29) is 5.91 Å². The standard InChI is InChI=1S/C18H21N3O2S/c1-12-6-14(8-16(7-12)23-3)9-19-17(22)5-4-15-11-24-18-20-13(2)10-21(15)18/h6-8,10-11H,4-5,9H2,1-3H3,(H,19,22). The molecule has 0 saturated heterocycles. The van der Waals surface area contributed by atoms with E-state index in [9.17, 15) is 4.79 Å². The van der Waals surface area contributed by atoms with Crippen LogP contribution in [-0.4, -0.2) is 22.4 Å². The van der Waals surface area contributed by atoms with Crippen molar-refractivity contribution >= 4 is 22.2 Å². The fourth-order valence-corrected chi connectivity index (χ4v) is 3.65. The number of amides is 1. The minimum atomic E-state index is 0.0478. The number of nitrogens with one attached hydrogen (secondary N) is 1. The van der Waals surface area contributed by atoms with Crippen LogP contribution in [0.2, 0.25) is 0 Å². The van der Waals surface area contributed by atoms with Crippen LogP contribution in [0.5, 0.6) is 5.75 Å². The minimum absolute atomic E-state index is 0.0478. The predicted octanol–water partition coefficient (Wildman–Crippen LogP) is 3.27. The summed E-state index contributed by atoms with van der Waals surface area (Å²) >= 11 is 1.61. The second-order valence-corrected chi connectivity index (χ2v) is 6.73. The van der Waals surface area contributed by atoms with Crippen LogP contribution in [0.3, 0.4) is 0 Å². The number of imidazole rings is 1. The van der Waals surface area contributed by atoms with Crippen LogP contribution in [0.15, 0.2) is 29.8 Å². The molecule has 0 aliphatic heterocycles. The third-order valence-corrected chi connectivity index (χ3v) is 4.74. The van der Waals surface area contributed by atoms with E-state index in [0.29, 0.717) is 19.4 Å². The first-order valence-electron chi connectivity index (χ1n) is 7.88. The SMILES string of the molecule is COc1cc(C)cc(CNC(=O)CCc2csc3nc(C)cn23)c1. The summed E-state index contributed by atoms with van der Waals surface area (Å²) in [6, 6.07) is 5.98. The third-order valence-electron chi connectivity index (χ3n) is 3.85. The first kappa shape index (κ1) is 16.5. The van der Waals surface area contributed by atoms with Gasteiger partial charge in [-0.3, -0.25) is 9.20 Å². The summed E-state index contributed by atoms with van der Waals surface area (Å²) in [5.41, 5.74) is 4.29. The Morgan fingerprint density at radius 3 is 2.96 bits per heavy atom. The number of rotatable bonds is 6. The summed E-state index contributed by atoms with van der Waals surface area (Å²) < 4.78 is 7.33. The molecule has 0 aliphatic rings. The highest BCUT2D eigenvalue weighted by Gasteiger charge is 2.09. The van der Waals surface area contributed by atoms with E-state index < -0.39 is 0 Å². The van der Waals surface area contributed by atoms with Crippen molar-refractivity contribution in [2.24, 2.45) is 0 Å². The highest BCUT2D eigenvalue weighted by atomic mass is 32.1. The molecular weight excluding hydrogens is 322 g/mol. The Bertz CT molecular complexity index is 866. The number of thiazole rings is 1. The van der Waals surface area contributed by atoms with Gasteiger partial charge in [0.15, 0.2) is 4.96 Å². The van der Waals surface area contributed by atoms with Crippen LogP contribution in [-0.2, 0) is 17.8 Å². The zero-order chi connectivity index (χ0) is 17.1. The van der Waals surface area contributed by atoms with Crippen molar-refractivity contribution in [1.82, 2.24) is 14.7 Å². The molecule has 3 aromatic rings. The molecule has 1 amide bonds. The molecule has 0 aliphatic carbocycles. The molecule has 0 spiro atoms. The number of hydrogen-bond acceptors (Lipinski definition) is 4. The average molecular weight is 343 g/mol. The predicted molar refractivity (Wildman–Crippen MR) is 95.7 cm³/mol. The van der Waals surface area contributed by atoms with Gasteiger partial charge in [-0.2, -0.15) is 0 Å². The van der Waals surface area contributed by atoms with Crippen molar-refractivity contribution in [3.05, 3.63) is 52.3 Å². The fraction of sp³-hybridized carbons (Fsp3) is 0.333. The number of nitrogens with zero attached hydrogens (tertiary/aromatic N) is 2. The normalized spacial score (nSPS) is 11.0. The second-order valence-electron chi connectivity index (χ2n) is 5.90. The molecule has 1 N–H and O–H groups in total. The van der Waals surface area contributed by atoms with E-state index in [1.807, 2.05) is 32.2 Å². The molecule has 2 heterocycles. The Morgan fingerprint density at radius 1 is 1.33 bits per heavy atom. The lowest BCUT2D eigenvalue weighted by Gasteiger charge is -2.08. The maximum absolute atomic E-state index is 12.1. The van der Waals surface area contributed by atoms with Crippen LogP contribution in [0.1, 0.15) is 28.9 Å². The van der Waals surface area contributed by atoms with Crippen molar-refractivity contribution in [2.45, 2.75) is 33.2 Å². The molecule has 0 atom stereocenters. The fourth-order valence-electron chi connectivity index (χ4n) is 2.70. The molecule has 5 nitrogen and oxygen atoms in total. The molecule has 0 bridgehead atoms. The maximum atomic E-state index is 12.1. The van der Waals surface area contributed by atoms with E-state index in [1.54, 1.807) is 18.4 Å². The molecule has 3 rings (SSSR count). The van der Waals surface area contributed by atoms with Gasteiger partial charge >= 0.3 is 0 Å². The summed E-state index contributed by atoms with van der Waals surface area (Å²) in [6.07, 6.45) is 3.18. The lowest BCUT2D eigenvalue weighted by molar-refractivity contribution is -0.121. The van der Waals surface area contributed by atoms with Gasteiger partial charge in [-0.25, -0.2) is 4.98 Å². The molecule has 1 aromatic carbocycles. The molecule has 6 heteroatoms. The first-order chi connectivity index (χ1) is 11.5. The topological polar surface area (TPSA) is 55.6 Å². The number of aryl methyl sites for hydroxylation is 3. The molecule has 0 saturated carbocycles. The number of carbonyl (C=O) groups excluding carboxylic acids is 1. The molecule has 0 radical (unpaired) electrons. The second kappa shape index (κ2) is 7.05.